The molecule has 4 aliphatic rings. The van der Waals surface area contributed by atoms with Crippen molar-refractivity contribution in [1.82, 2.24) is 5.32 Å². The van der Waals surface area contributed by atoms with Crippen LogP contribution in [-0.4, -0.2) is 45.8 Å². The highest BCUT2D eigenvalue weighted by molar-refractivity contribution is 6.01. The van der Waals surface area contributed by atoms with Crippen molar-refractivity contribution in [2.45, 2.75) is 76.7 Å². The van der Waals surface area contributed by atoms with Gasteiger partial charge in [0, 0.05) is 23.3 Å². The molecule has 3 N–H and O–H groups in total. The normalized spacial score (nSPS) is 42.5. The summed E-state index contributed by atoms with van der Waals surface area (Å²) in [5.41, 5.74) is -4.32. The first-order valence-corrected chi connectivity index (χ1v) is 13.4. The topological polar surface area (TPSA) is 86.6 Å². The second-order valence-electron chi connectivity index (χ2n) is 12.2. The molecule has 200 valence electrons. The average Bonchev–Trinajstić information content (AvgIpc) is 3.04. The van der Waals surface area contributed by atoms with Crippen LogP contribution < -0.4 is 5.32 Å². The molecule has 0 unspecified atom stereocenters. The predicted molar refractivity (Wildman–Crippen MR) is 136 cm³/mol. The standard InChI is InChI=1S/C30H37F2NO4/c1-18-14-24-23-10-9-20-16-22(34)11-12-27(20,2)29(23,32)25(35)17-28(24,3)30(18,37)26(36)33-13-5-7-19-6-4-8-21(31)15-19/h4,6,8,11-12,15-16,18,23-25,35,37H,5,7,9-10,13-14,17H2,1-3H3,(H,33,36)/t18-,23+,24+,25+,27+,28+,29+,30+/m1/s1. The minimum Gasteiger partial charge on any atom is -0.390 e. The number of hydrogen-bond acceptors (Lipinski definition) is 4. The number of amides is 1. The second kappa shape index (κ2) is 8.84. The number of alkyl halides is 1. The first-order chi connectivity index (χ1) is 17.4. The third-order valence-electron chi connectivity index (χ3n) is 10.4. The molecule has 3 fully saturated rings. The maximum atomic E-state index is 17.2. The summed E-state index contributed by atoms with van der Waals surface area (Å²) in [5, 5.41) is 26.3. The molecule has 8 atom stereocenters. The monoisotopic (exact) mass is 513 g/mol. The quantitative estimate of drug-likeness (QED) is 0.515. The van der Waals surface area contributed by atoms with Crippen molar-refractivity contribution in [2.75, 3.05) is 6.54 Å². The third-order valence-corrected chi connectivity index (χ3v) is 10.4. The van der Waals surface area contributed by atoms with Gasteiger partial charge in [0.25, 0.3) is 5.91 Å². The Morgan fingerprint density at radius 2 is 2.00 bits per heavy atom. The van der Waals surface area contributed by atoms with Gasteiger partial charge in [0.15, 0.2) is 17.1 Å². The molecule has 0 saturated heterocycles. The Labute approximate surface area is 217 Å². The van der Waals surface area contributed by atoms with Crippen LogP contribution in [0.2, 0.25) is 0 Å². The number of rotatable bonds is 5. The minimum atomic E-state index is -2.00. The number of benzene rings is 1. The zero-order valence-corrected chi connectivity index (χ0v) is 21.8. The van der Waals surface area contributed by atoms with Gasteiger partial charge in [-0.15, -0.1) is 0 Å². The molecular formula is C30H37F2NO4. The van der Waals surface area contributed by atoms with Crippen LogP contribution in [0.3, 0.4) is 0 Å². The van der Waals surface area contributed by atoms with Gasteiger partial charge in [-0.2, -0.15) is 0 Å². The van der Waals surface area contributed by atoms with Gasteiger partial charge in [-0.05, 0) is 87.1 Å². The first kappa shape index (κ1) is 26.2. The van der Waals surface area contributed by atoms with Crippen LogP contribution in [0.15, 0.2) is 48.1 Å². The molecule has 4 aliphatic carbocycles. The fourth-order valence-electron chi connectivity index (χ4n) is 8.35. The molecule has 0 radical (unpaired) electrons. The zero-order chi connectivity index (χ0) is 26.8. The van der Waals surface area contributed by atoms with Crippen LogP contribution in [0.4, 0.5) is 8.78 Å². The van der Waals surface area contributed by atoms with Crippen LogP contribution in [0, 0.1) is 34.4 Å². The number of carbonyl (C=O) groups excluding carboxylic acids is 2. The summed E-state index contributed by atoms with van der Waals surface area (Å²) in [6.45, 7) is 5.73. The number of nitrogens with one attached hydrogen (secondary N) is 1. The van der Waals surface area contributed by atoms with Crippen LogP contribution in [0.1, 0.15) is 58.4 Å². The molecule has 1 aromatic carbocycles. The summed E-state index contributed by atoms with van der Waals surface area (Å²) in [5.74, 6) is -2.24. The van der Waals surface area contributed by atoms with E-state index >= 15 is 4.39 Å². The number of aryl methyl sites for hydroxylation is 1. The van der Waals surface area contributed by atoms with Crippen molar-refractivity contribution in [1.29, 1.82) is 0 Å². The van der Waals surface area contributed by atoms with Gasteiger partial charge >= 0.3 is 0 Å². The molecular weight excluding hydrogens is 476 g/mol. The SMILES string of the molecule is C[C@@H]1C[C@H]2[C@@H]3CCC4=CC(=O)C=C[C@]4(C)[C@@]3(F)[C@@H](O)C[C@]2(C)[C@@]1(O)C(=O)NCCCc1cccc(F)c1. The number of aliphatic hydroxyl groups is 2. The van der Waals surface area contributed by atoms with E-state index < -0.39 is 45.9 Å². The Balaban J connectivity index is 1.36. The number of halogens is 2. The lowest BCUT2D eigenvalue weighted by atomic mass is 9.44. The summed E-state index contributed by atoms with van der Waals surface area (Å²) in [7, 11) is 0. The van der Waals surface area contributed by atoms with Crippen LogP contribution in [0.5, 0.6) is 0 Å². The summed E-state index contributed by atoms with van der Waals surface area (Å²) in [6, 6.07) is 6.34. The zero-order valence-electron chi connectivity index (χ0n) is 21.8. The molecule has 0 spiro atoms. The molecule has 0 aliphatic heterocycles. The van der Waals surface area contributed by atoms with Gasteiger partial charge < -0.3 is 15.5 Å². The smallest absolute Gasteiger partial charge is 0.252 e. The van der Waals surface area contributed by atoms with Gasteiger partial charge in [0.05, 0.1) is 6.10 Å². The molecule has 37 heavy (non-hydrogen) atoms. The minimum absolute atomic E-state index is 0.0487. The number of allylic oxidation sites excluding steroid dienone is 4. The number of aliphatic hydroxyl groups excluding tert-OH is 1. The Bertz CT molecular complexity index is 1180. The average molecular weight is 514 g/mol. The Hall–Kier alpha value is -2.38. The molecule has 0 heterocycles. The lowest BCUT2D eigenvalue weighted by Crippen LogP contribution is -2.70. The summed E-state index contributed by atoms with van der Waals surface area (Å²) in [4.78, 5) is 25.5. The molecule has 3 saturated carbocycles. The summed E-state index contributed by atoms with van der Waals surface area (Å²) in [6.07, 6.45) is 5.69. The second-order valence-corrected chi connectivity index (χ2v) is 12.2. The number of carbonyl (C=O) groups is 2. The largest absolute Gasteiger partial charge is 0.390 e. The van der Waals surface area contributed by atoms with E-state index in [1.165, 1.54) is 24.3 Å². The van der Waals surface area contributed by atoms with Crippen LogP contribution in [-0.2, 0) is 16.0 Å². The van der Waals surface area contributed by atoms with Crippen LogP contribution >= 0.6 is 0 Å². The van der Waals surface area contributed by atoms with Crippen molar-refractivity contribution in [3.8, 4) is 0 Å². The van der Waals surface area contributed by atoms with E-state index in [0.717, 1.165) is 5.56 Å². The van der Waals surface area contributed by atoms with E-state index in [4.69, 9.17) is 0 Å². The molecule has 7 heteroatoms. The van der Waals surface area contributed by atoms with Crippen molar-refractivity contribution in [3.05, 3.63) is 59.4 Å². The van der Waals surface area contributed by atoms with Crippen LogP contribution in [0.25, 0.3) is 0 Å². The molecule has 5 nitrogen and oxygen atoms in total. The maximum Gasteiger partial charge on any atom is 0.252 e. The fraction of sp³-hybridized carbons (Fsp3) is 0.600. The fourth-order valence-corrected chi connectivity index (χ4v) is 8.35. The summed E-state index contributed by atoms with van der Waals surface area (Å²) >= 11 is 0. The first-order valence-electron chi connectivity index (χ1n) is 13.4. The molecule has 0 aromatic heterocycles. The van der Waals surface area contributed by atoms with E-state index in [1.807, 2.05) is 19.9 Å². The highest BCUT2D eigenvalue weighted by Crippen LogP contribution is 2.70. The highest BCUT2D eigenvalue weighted by Gasteiger charge is 2.75. The van der Waals surface area contributed by atoms with Gasteiger partial charge in [-0.25, -0.2) is 8.78 Å². The van der Waals surface area contributed by atoms with E-state index in [2.05, 4.69) is 5.32 Å². The van der Waals surface area contributed by atoms with Crippen molar-refractivity contribution in [2.24, 2.45) is 28.6 Å². The van der Waals surface area contributed by atoms with E-state index in [1.54, 1.807) is 19.1 Å². The van der Waals surface area contributed by atoms with Crippen molar-refractivity contribution >= 4 is 11.7 Å². The Kier molecular flexibility index (Phi) is 6.27. The molecule has 5 rings (SSSR count). The third kappa shape index (κ3) is 3.60. The molecule has 1 aromatic rings. The van der Waals surface area contributed by atoms with Gasteiger partial charge in [0.1, 0.15) is 5.82 Å². The van der Waals surface area contributed by atoms with Crippen molar-refractivity contribution in [3.63, 3.8) is 0 Å². The van der Waals surface area contributed by atoms with E-state index in [9.17, 15) is 24.2 Å². The Morgan fingerprint density at radius 1 is 1.24 bits per heavy atom. The van der Waals surface area contributed by atoms with E-state index in [0.29, 0.717) is 44.2 Å². The molecule has 0 bridgehead atoms. The number of fused-ring (bicyclic) bond motifs is 5. The lowest BCUT2D eigenvalue weighted by Gasteiger charge is -2.62. The molecule has 1 amide bonds. The predicted octanol–water partition coefficient (Wildman–Crippen LogP) is 4.22. The maximum absolute atomic E-state index is 17.2. The highest BCUT2D eigenvalue weighted by atomic mass is 19.1. The van der Waals surface area contributed by atoms with Crippen molar-refractivity contribution < 1.29 is 28.6 Å². The summed E-state index contributed by atoms with van der Waals surface area (Å²) < 4.78 is 30.7. The number of ketones is 1. The van der Waals surface area contributed by atoms with Gasteiger partial charge in [-0.3, -0.25) is 9.59 Å². The lowest BCUT2D eigenvalue weighted by molar-refractivity contribution is -0.219. The number of hydrogen-bond donors (Lipinski definition) is 3. The van der Waals surface area contributed by atoms with Gasteiger partial charge in [0.2, 0.25) is 0 Å². The van der Waals surface area contributed by atoms with E-state index in [-0.39, 0.29) is 23.9 Å². The Morgan fingerprint density at radius 3 is 2.73 bits per heavy atom. The van der Waals surface area contributed by atoms with Gasteiger partial charge in [-0.1, -0.05) is 37.6 Å².